The first kappa shape index (κ1) is 21.7. The van der Waals surface area contributed by atoms with E-state index in [-0.39, 0.29) is 30.9 Å². The van der Waals surface area contributed by atoms with Gasteiger partial charge in [0, 0.05) is 11.9 Å². The maximum absolute atomic E-state index is 12.9. The van der Waals surface area contributed by atoms with Crippen LogP contribution >= 0.6 is 11.3 Å². The summed E-state index contributed by atoms with van der Waals surface area (Å²) in [4.78, 5) is 33.2. The van der Waals surface area contributed by atoms with Crippen molar-refractivity contribution in [3.05, 3.63) is 74.4 Å². The monoisotopic (exact) mass is 462 g/mol. The maximum atomic E-state index is 12.9. The van der Waals surface area contributed by atoms with Crippen molar-refractivity contribution in [1.29, 1.82) is 0 Å². The molecule has 1 amide bonds. The van der Waals surface area contributed by atoms with Crippen LogP contribution in [0.4, 0.5) is 13.2 Å². The zero-order valence-corrected chi connectivity index (χ0v) is 17.6. The standard InChI is InChI=1S/C20H17F3N6O2S/c1-12-27-16(10-32-12)18(30)24-5-6-29-17-15(8-26-29)19(31)28(11-25-17)9-13-3-2-4-14(7-13)20(21,22)23/h2-4,7-8,10-11H,5-6,9H2,1H3,(H,24,30). The Morgan fingerprint density at radius 3 is 2.81 bits per heavy atom. The molecule has 0 aliphatic carbocycles. The molecule has 4 aromatic rings. The lowest BCUT2D eigenvalue weighted by atomic mass is 10.1. The van der Waals surface area contributed by atoms with Crippen molar-refractivity contribution >= 4 is 28.3 Å². The molecule has 12 heteroatoms. The summed E-state index contributed by atoms with van der Waals surface area (Å²) in [5, 5.41) is 9.58. The van der Waals surface area contributed by atoms with E-state index in [1.54, 1.807) is 5.38 Å². The van der Waals surface area contributed by atoms with Crippen LogP contribution in [0.5, 0.6) is 0 Å². The van der Waals surface area contributed by atoms with Gasteiger partial charge in [-0.1, -0.05) is 12.1 Å². The van der Waals surface area contributed by atoms with Gasteiger partial charge in [-0.05, 0) is 24.6 Å². The van der Waals surface area contributed by atoms with Crippen LogP contribution in [0, 0.1) is 6.92 Å². The summed E-state index contributed by atoms with van der Waals surface area (Å²) in [5.41, 5.74) is -0.196. The van der Waals surface area contributed by atoms with Crippen molar-refractivity contribution in [1.82, 2.24) is 29.6 Å². The Bertz CT molecular complexity index is 1340. The number of hydrogen-bond acceptors (Lipinski definition) is 6. The van der Waals surface area contributed by atoms with Gasteiger partial charge in [-0.3, -0.25) is 14.2 Å². The number of halogens is 3. The number of thiazole rings is 1. The van der Waals surface area contributed by atoms with E-state index in [9.17, 15) is 22.8 Å². The first-order valence-electron chi connectivity index (χ1n) is 9.50. The van der Waals surface area contributed by atoms with Gasteiger partial charge in [-0.25, -0.2) is 14.6 Å². The van der Waals surface area contributed by atoms with Crippen LogP contribution in [0.15, 0.2) is 47.0 Å². The largest absolute Gasteiger partial charge is 0.416 e. The molecule has 0 fully saturated rings. The molecule has 3 heterocycles. The SMILES string of the molecule is Cc1nc(C(=O)NCCn2ncc3c(=O)n(Cc4cccc(C(F)(F)F)c4)cnc32)cs1. The van der Waals surface area contributed by atoms with Gasteiger partial charge >= 0.3 is 6.18 Å². The van der Waals surface area contributed by atoms with Crippen LogP contribution in [0.3, 0.4) is 0 Å². The smallest absolute Gasteiger partial charge is 0.349 e. The van der Waals surface area contributed by atoms with Gasteiger partial charge in [0.25, 0.3) is 11.5 Å². The topological polar surface area (TPSA) is 94.7 Å². The maximum Gasteiger partial charge on any atom is 0.416 e. The van der Waals surface area contributed by atoms with Crippen LogP contribution in [0.2, 0.25) is 0 Å². The van der Waals surface area contributed by atoms with Gasteiger partial charge in [-0.15, -0.1) is 11.3 Å². The van der Waals surface area contributed by atoms with Crippen molar-refractivity contribution < 1.29 is 18.0 Å². The van der Waals surface area contributed by atoms with Crippen LogP contribution < -0.4 is 10.9 Å². The Kier molecular flexibility index (Phi) is 5.78. The number of carbonyl (C=O) groups excluding carboxylic acids is 1. The second-order valence-corrected chi connectivity index (χ2v) is 8.05. The van der Waals surface area contributed by atoms with Crippen molar-refractivity contribution in [2.24, 2.45) is 0 Å². The molecule has 166 valence electrons. The molecule has 8 nitrogen and oxygen atoms in total. The molecule has 0 unspecified atom stereocenters. The van der Waals surface area contributed by atoms with Gasteiger partial charge in [0.1, 0.15) is 17.4 Å². The van der Waals surface area contributed by atoms with E-state index in [0.717, 1.165) is 17.1 Å². The molecular formula is C20H17F3N6O2S. The number of hydrogen-bond donors (Lipinski definition) is 1. The van der Waals surface area contributed by atoms with Gasteiger partial charge in [0.05, 0.1) is 29.9 Å². The third-order valence-electron chi connectivity index (χ3n) is 4.69. The molecule has 32 heavy (non-hydrogen) atoms. The Hall–Kier alpha value is -3.54. The van der Waals surface area contributed by atoms with E-state index in [1.807, 2.05) is 6.92 Å². The van der Waals surface area contributed by atoms with Crippen LogP contribution in [0.1, 0.15) is 26.6 Å². The number of nitrogens with zero attached hydrogens (tertiary/aromatic N) is 5. The number of fused-ring (bicyclic) bond motifs is 1. The number of aromatic nitrogens is 5. The predicted molar refractivity (Wildman–Crippen MR) is 112 cm³/mol. The van der Waals surface area contributed by atoms with Gasteiger partial charge in [0.15, 0.2) is 5.65 Å². The normalized spacial score (nSPS) is 11.8. The summed E-state index contributed by atoms with van der Waals surface area (Å²) in [6, 6.07) is 4.80. The Morgan fingerprint density at radius 2 is 2.09 bits per heavy atom. The minimum absolute atomic E-state index is 0.0556. The highest BCUT2D eigenvalue weighted by Crippen LogP contribution is 2.29. The average molecular weight is 462 g/mol. The fourth-order valence-corrected chi connectivity index (χ4v) is 3.74. The predicted octanol–water partition coefficient (Wildman–Crippen LogP) is 2.86. The second-order valence-electron chi connectivity index (χ2n) is 6.99. The Morgan fingerprint density at radius 1 is 1.28 bits per heavy atom. The lowest BCUT2D eigenvalue weighted by molar-refractivity contribution is -0.137. The third-order valence-corrected chi connectivity index (χ3v) is 5.46. The van der Waals surface area contributed by atoms with Crippen molar-refractivity contribution in [2.75, 3.05) is 6.54 Å². The molecule has 3 aromatic heterocycles. The van der Waals surface area contributed by atoms with Crippen molar-refractivity contribution in [2.45, 2.75) is 26.2 Å². The lowest BCUT2D eigenvalue weighted by Crippen LogP contribution is -2.28. The molecule has 0 aliphatic heterocycles. The zero-order chi connectivity index (χ0) is 22.9. The van der Waals surface area contributed by atoms with Crippen molar-refractivity contribution in [3.63, 3.8) is 0 Å². The Balaban J connectivity index is 1.48. The highest BCUT2D eigenvalue weighted by molar-refractivity contribution is 7.09. The van der Waals surface area contributed by atoms with E-state index in [2.05, 4.69) is 20.4 Å². The lowest BCUT2D eigenvalue weighted by Gasteiger charge is -2.10. The van der Waals surface area contributed by atoms with Gasteiger partial charge in [-0.2, -0.15) is 18.3 Å². The molecular weight excluding hydrogens is 445 g/mol. The van der Waals surface area contributed by atoms with E-state index in [1.165, 1.54) is 45.2 Å². The van der Waals surface area contributed by atoms with Crippen molar-refractivity contribution in [3.8, 4) is 0 Å². The minimum atomic E-state index is -4.46. The molecule has 0 aliphatic rings. The van der Waals surface area contributed by atoms with Crippen LogP contribution in [0.25, 0.3) is 11.0 Å². The molecule has 0 radical (unpaired) electrons. The number of rotatable bonds is 6. The molecule has 1 N–H and O–H groups in total. The van der Waals surface area contributed by atoms with E-state index >= 15 is 0 Å². The fraction of sp³-hybridized carbons (Fsp3) is 0.250. The summed E-state index contributed by atoms with van der Waals surface area (Å²) in [7, 11) is 0. The molecule has 0 atom stereocenters. The summed E-state index contributed by atoms with van der Waals surface area (Å²) in [6.07, 6.45) is -1.82. The van der Waals surface area contributed by atoms with Gasteiger partial charge in [0.2, 0.25) is 0 Å². The Labute approximate surface area is 183 Å². The molecule has 0 saturated carbocycles. The van der Waals surface area contributed by atoms with E-state index in [0.29, 0.717) is 16.9 Å². The number of alkyl halides is 3. The molecule has 0 bridgehead atoms. The van der Waals surface area contributed by atoms with E-state index < -0.39 is 17.3 Å². The summed E-state index contributed by atoms with van der Waals surface area (Å²) in [5.74, 6) is -0.304. The number of amides is 1. The van der Waals surface area contributed by atoms with E-state index in [4.69, 9.17) is 0 Å². The average Bonchev–Trinajstić information content (AvgIpc) is 3.36. The molecule has 1 aromatic carbocycles. The first-order chi connectivity index (χ1) is 15.2. The first-order valence-corrected chi connectivity index (χ1v) is 10.4. The molecule has 4 rings (SSSR count). The quantitative estimate of drug-likeness (QED) is 0.476. The number of nitrogens with one attached hydrogen (secondary N) is 1. The molecule has 0 saturated heterocycles. The summed E-state index contributed by atoms with van der Waals surface area (Å²) < 4.78 is 41.5. The minimum Gasteiger partial charge on any atom is -0.349 e. The molecule has 0 spiro atoms. The second kappa shape index (κ2) is 8.54. The summed E-state index contributed by atoms with van der Waals surface area (Å²) >= 11 is 1.38. The zero-order valence-electron chi connectivity index (χ0n) is 16.8. The van der Waals surface area contributed by atoms with Crippen LogP contribution in [-0.2, 0) is 19.3 Å². The summed E-state index contributed by atoms with van der Waals surface area (Å²) in [6.45, 7) is 2.28. The van der Waals surface area contributed by atoms with Crippen LogP contribution in [-0.4, -0.2) is 36.8 Å². The number of carbonyl (C=O) groups is 1. The third kappa shape index (κ3) is 4.54. The van der Waals surface area contributed by atoms with Gasteiger partial charge < -0.3 is 5.32 Å². The highest BCUT2D eigenvalue weighted by Gasteiger charge is 2.30. The highest BCUT2D eigenvalue weighted by atomic mass is 32.1. The number of aryl methyl sites for hydroxylation is 1. The fourth-order valence-electron chi connectivity index (χ4n) is 3.15. The number of benzene rings is 1.